The first kappa shape index (κ1) is 17.6. The van der Waals surface area contributed by atoms with Crippen LogP contribution in [0.15, 0.2) is 41.2 Å². The molecular formula is C16H13F3N4O3. The van der Waals surface area contributed by atoms with Gasteiger partial charge in [0.05, 0.1) is 12.7 Å². The van der Waals surface area contributed by atoms with Crippen molar-refractivity contribution in [1.82, 2.24) is 19.9 Å². The average Bonchev–Trinajstić information content (AvgIpc) is 3.25. The number of halogens is 3. The molecule has 2 heterocycles. The van der Waals surface area contributed by atoms with Crippen molar-refractivity contribution in [3.8, 4) is 11.4 Å². The van der Waals surface area contributed by atoms with Gasteiger partial charge in [-0.1, -0.05) is 29.4 Å². The first-order valence-corrected chi connectivity index (χ1v) is 7.48. The van der Waals surface area contributed by atoms with Gasteiger partial charge in [-0.05, 0) is 12.5 Å². The third kappa shape index (κ3) is 3.90. The van der Waals surface area contributed by atoms with Crippen LogP contribution < -0.4 is 0 Å². The molecule has 0 bridgehead atoms. The lowest BCUT2D eigenvalue weighted by molar-refractivity contribution is -0.159. The standard InChI is InChI=1S/C16H13F3N4O3/c1-10(25-9-24)13-6-20-23(8-13)7-11-2-4-12(5-3-11)14-21-15(26-22-14)16(17,18)19/h2-6,8-10H,7H2,1H3. The zero-order valence-electron chi connectivity index (χ0n) is 13.5. The number of alkyl halides is 3. The van der Waals surface area contributed by atoms with E-state index in [4.69, 9.17) is 4.74 Å². The Hall–Kier alpha value is -3.17. The van der Waals surface area contributed by atoms with Crippen molar-refractivity contribution < 1.29 is 27.2 Å². The maximum absolute atomic E-state index is 12.5. The number of aromatic nitrogens is 4. The maximum atomic E-state index is 12.5. The topological polar surface area (TPSA) is 83.0 Å². The molecule has 2 aromatic heterocycles. The van der Waals surface area contributed by atoms with Gasteiger partial charge in [0.25, 0.3) is 6.47 Å². The summed E-state index contributed by atoms with van der Waals surface area (Å²) in [4.78, 5) is 13.7. The molecule has 0 aliphatic heterocycles. The number of rotatable bonds is 6. The summed E-state index contributed by atoms with van der Waals surface area (Å²) in [7, 11) is 0. The third-order valence-corrected chi connectivity index (χ3v) is 3.61. The van der Waals surface area contributed by atoms with E-state index in [0.29, 0.717) is 18.6 Å². The molecule has 136 valence electrons. The van der Waals surface area contributed by atoms with Crippen LogP contribution in [-0.4, -0.2) is 26.4 Å². The van der Waals surface area contributed by atoms with Gasteiger partial charge in [-0.2, -0.15) is 23.3 Å². The fourth-order valence-corrected chi connectivity index (χ4v) is 2.24. The maximum Gasteiger partial charge on any atom is 0.471 e. The van der Waals surface area contributed by atoms with Crippen molar-refractivity contribution in [3.63, 3.8) is 0 Å². The van der Waals surface area contributed by atoms with Gasteiger partial charge in [0, 0.05) is 17.3 Å². The molecule has 0 fully saturated rings. The minimum Gasteiger partial charge on any atom is -0.460 e. The van der Waals surface area contributed by atoms with Crippen LogP contribution in [0.4, 0.5) is 13.2 Å². The zero-order chi connectivity index (χ0) is 18.7. The van der Waals surface area contributed by atoms with Crippen molar-refractivity contribution in [2.24, 2.45) is 0 Å². The van der Waals surface area contributed by atoms with Gasteiger partial charge in [0.15, 0.2) is 0 Å². The minimum absolute atomic E-state index is 0.134. The van der Waals surface area contributed by atoms with Crippen molar-refractivity contribution in [2.45, 2.75) is 25.7 Å². The second kappa shape index (κ2) is 6.98. The molecule has 3 rings (SSSR count). The van der Waals surface area contributed by atoms with E-state index >= 15 is 0 Å². The summed E-state index contributed by atoms with van der Waals surface area (Å²) in [5, 5.41) is 7.52. The molecule has 0 aliphatic rings. The van der Waals surface area contributed by atoms with Gasteiger partial charge in [-0.25, -0.2) is 0 Å². The predicted molar refractivity (Wildman–Crippen MR) is 81.6 cm³/mol. The molecule has 1 aromatic carbocycles. The molecule has 0 N–H and O–H groups in total. The summed E-state index contributed by atoms with van der Waals surface area (Å²) in [6.45, 7) is 2.54. The Kier molecular flexibility index (Phi) is 4.74. The van der Waals surface area contributed by atoms with Gasteiger partial charge in [-0.15, -0.1) is 0 Å². The monoisotopic (exact) mass is 366 g/mol. The number of hydrogen-bond donors (Lipinski definition) is 0. The Morgan fingerprint density at radius 1 is 1.31 bits per heavy atom. The summed E-state index contributed by atoms with van der Waals surface area (Å²) in [5.41, 5.74) is 2.02. The molecule has 1 unspecified atom stereocenters. The van der Waals surface area contributed by atoms with E-state index in [9.17, 15) is 18.0 Å². The van der Waals surface area contributed by atoms with E-state index in [2.05, 4.69) is 19.8 Å². The average molecular weight is 366 g/mol. The van der Waals surface area contributed by atoms with Crippen molar-refractivity contribution >= 4 is 6.47 Å². The molecular weight excluding hydrogens is 353 g/mol. The molecule has 0 amide bonds. The predicted octanol–water partition coefficient (Wildman–Crippen LogP) is 3.23. The Morgan fingerprint density at radius 3 is 2.65 bits per heavy atom. The van der Waals surface area contributed by atoms with Crippen LogP contribution in [0.25, 0.3) is 11.4 Å². The molecule has 3 aromatic rings. The van der Waals surface area contributed by atoms with E-state index in [-0.39, 0.29) is 5.82 Å². The van der Waals surface area contributed by atoms with Crippen LogP contribution in [0, 0.1) is 0 Å². The highest BCUT2D eigenvalue weighted by atomic mass is 19.4. The Morgan fingerprint density at radius 2 is 2.04 bits per heavy atom. The van der Waals surface area contributed by atoms with Crippen LogP contribution in [-0.2, 0) is 22.3 Å². The quantitative estimate of drug-likeness (QED) is 0.623. The smallest absolute Gasteiger partial charge is 0.460 e. The lowest BCUT2D eigenvalue weighted by Gasteiger charge is -2.06. The fourth-order valence-electron chi connectivity index (χ4n) is 2.24. The molecule has 0 saturated carbocycles. The first-order chi connectivity index (χ1) is 12.4. The van der Waals surface area contributed by atoms with Crippen LogP contribution in [0.2, 0.25) is 0 Å². The van der Waals surface area contributed by atoms with Gasteiger partial charge in [0.1, 0.15) is 6.10 Å². The van der Waals surface area contributed by atoms with Crippen LogP contribution in [0.5, 0.6) is 0 Å². The molecule has 0 radical (unpaired) electrons. The molecule has 0 saturated heterocycles. The molecule has 7 nitrogen and oxygen atoms in total. The van der Waals surface area contributed by atoms with Crippen LogP contribution in [0.1, 0.15) is 30.0 Å². The lowest BCUT2D eigenvalue weighted by Crippen LogP contribution is -2.04. The third-order valence-electron chi connectivity index (χ3n) is 3.61. The van der Waals surface area contributed by atoms with Crippen LogP contribution in [0.3, 0.4) is 0 Å². The highest BCUT2D eigenvalue weighted by molar-refractivity contribution is 5.54. The van der Waals surface area contributed by atoms with Crippen molar-refractivity contribution in [3.05, 3.63) is 53.7 Å². The zero-order valence-corrected chi connectivity index (χ0v) is 13.5. The minimum atomic E-state index is -4.67. The summed E-state index contributed by atoms with van der Waals surface area (Å²) >= 11 is 0. The Bertz CT molecular complexity index is 887. The number of ether oxygens (including phenoxy) is 1. The van der Waals surface area contributed by atoms with E-state index in [1.807, 2.05) is 0 Å². The molecule has 26 heavy (non-hydrogen) atoms. The number of carbonyl (C=O) groups excluding carboxylic acids is 1. The second-order valence-corrected chi connectivity index (χ2v) is 5.46. The number of nitrogens with zero attached hydrogens (tertiary/aromatic N) is 4. The number of carbonyl (C=O) groups is 1. The summed E-state index contributed by atoms with van der Waals surface area (Å²) in [5.74, 6) is -1.52. The van der Waals surface area contributed by atoms with Gasteiger partial charge < -0.3 is 9.26 Å². The highest BCUT2D eigenvalue weighted by Crippen LogP contribution is 2.29. The Labute approximate surface area is 145 Å². The molecule has 0 spiro atoms. The van der Waals surface area contributed by atoms with E-state index in [0.717, 1.165) is 11.1 Å². The first-order valence-electron chi connectivity index (χ1n) is 7.48. The van der Waals surface area contributed by atoms with Crippen molar-refractivity contribution in [2.75, 3.05) is 0 Å². The summed E-state index contributed by atoms with van der Waals surface area (Å²) < 4.78 is 48.2. The molecule has 10 heteroatoms. The van der Waals surface area contributed by atoms with Gasteiger partial charge in [0.2, 0.25) is 5.82 Å². The van der Waals surface area contributed by atoms with Crippen molar-refractivity contribution in [1.29, 1.82) is 0 Å². The second-order valence-electron chi connectivity index (χ2n) is 5.46. The SMILES string of the molecule is CC(OC=O)c1cnn(Cc2ccc(-c3noc(C(F)(F)F)n3)cc2)c1. The van der Waals surface area contributed by atoms with E-state index in [1.54, 1.807) is 48.3 Å². The number of benzene rings is 1. The van der Waals surface area contributed by atoms with Gasteiger partial charge in [-0.3, -0.25) is 9.48 Å². The highest BCUT2D eigenvalue weighted by Gasteiger charge is 2.38. The fraction of sp³-hybridized carbons (Fsp3) is 0.250. The summed E-state index contributed by atoms with van der Waals surface area (Å²) in [6, 6.07) is 6.66. The van der Waals surface area contributed by atoms with E-state index < -0.39 is 18.2 Å². The number of hydrogen-bond acceptors (Lipinski definition) is 6. The lowest BCUT2D eigenvalue weighted by atomic mass is 10.1. The Balaban J connectivity index is 1.70. The van der Waals surface area contributed by atoms with Gasteiger partial charge >= 0.3 is 12.1 Å². The molecule has 0 aliphatic carbocycles. The van der Waals surface area contributed by atoms with Crippen LogP contribution >= 0.6 is 0 Å². The molecule has 1 atom stereocenters. The summed E-state index contributed by atoms with van der Waals surface area (Å²) in [6.07, 6.45) is -1.73. The normalized spacial score (nSPS) is 12.8. The largest absolute Gasteiger partial charge is 0.471 e. The van der Waals surface area contributed by atoms with E-state index in [1.165, 1.54) is 0 Å².